The monoisotopic (exact) mass is 331 g/mol. The number of nitrogens with zero attached hydrogens (tertiary/aromatic N) is 1. The second-order valence-corrected chi connectivity index (χ2v) is 4.05. The molecule has 0 aliphatic carbocycles. The number of rotatable bonds is 2. The number of carbonyl (C=O) groups is 1. The lowest BCUT2D eigenvalue weighted by Gasteiger charge is -2.08. The minimum Gasteiger partial charge on any atom is -0.274 e. The van der Waals surface area contributed by atoms with Gasteiger partial charge in [0, 0.05) is 0 Å². The third-order valence-corrected chi connectivity index (χ3v) is 2.37. The van der Waals surface area contributed by atoms with E-state index in [-0.39, 0.29) is 11.3 Å². The lowest BCUT2D eigenvalue weighted by molar-refractivity contribution is 0.106. The van der Waals surface area contributed by atoms with Crippen molar-refractivity contribution < 1.29 is 13.6 Å². The van der Waals surface area contributed by atoms with E-state index >= 15 is 0 Å². The lowest BCUT2D eigenvalue weighted by atomic mass is 10.1. The van der Waals surface area contributed by atoms with Gasteiger partial charge >= 0.3 is 0 Å². The first-order valence-electron chi connectivity index (χ1n) is 3.58. The maximum absolute atomic E-state index is 12.5. The van der Waals surface area contributed by atoms with E-state index in [0.717, 1.165) is 0 Å². The molecule has 6 heteroatoms. The Labute approximate surface area is 97.8 Å². The summed E-state index contributed by atoms with van der Waals surface area (Å²) in [5, 5.41) is -0.957. The molecule has 1 heterocycles. The molecule has 0 saturated carbocycles. The van der Waals surface area contributed by atoms with Crippen molar-refractivity contribution in [1.29, 1.82) is 0 Å². The molecule has 0 aliphatic heterocycles. The summed E-state index contributed by atoms with van der Waals surface area (Å²) in [7, 11) is 0. The van der Waals surface area contributed by atoms with Gasteiger partial charge in [-0.3, -0.25) is 4.79 Å². The summed E-state index contributed by atoms with van der Waals surface area (Å²) in [5.74, 6) is 0. The molecule has 0 radical (unpaired) electrons. The molecule has 0 amide bonds. The summed E-state index contributed by atoms with van der Waals surface area (Å²) < 4.78 is 25.5. The topological polar surface area (TPSA) is 30.0 Å². The van der Waals surface area contributed by atoms with Gasteiger partial charge in [-0.15, -0.1) is 0 Å². The van der Waals surface area contributed by atoms with Gasteiger partial charge in [0.25, 0.3) is 11.7 Å². The van der Waals surface area contributed by atoms with Crippen molar-refractivity contribution in [2.45, 2.75) is 13.3 Å². The number of aryl methyl sites for hydroxylation is 1. The van der Waals surface area contributed by atoms with Crippen LogP contribution in [0.1, 0.15) is 28.0 Å². The van der Waals surface area contributed by atoms with Gasteiger partial charge in [-0.25, -0.2) is 13.8 Å². The van der Waals surface area contributed by atoms with Gasteiger partial charge in [0.1, 0.15) is 9.39 Å². The minimum atomic E-state index is -2.74. The van der Waals surface area contributed by atoms with Gasteiger partial charge in [-0.05, 0) is 52.7 Å². The second-order valence-electron chi connectivity index (χ2n) is 2.60. The molecule has 0 aliphatic rings. The molecule has 1 aromatic heterocycles. The highest BCUT2D eigenvalue weighted by atomic mass is 127. The van der Waals surface area contributed by atoms with Crippen molar-refractivity contribution in [2.75, 3.05) is 0 Å². The average Bonchev–Trinajstić information content (AvgIpc) is 2.01. The average molecular weight is 331 g/mol. The molecule has 0 aromatic carbocycles. The third-order valence-electron chi connectivity index (χ3n) is 1.64. The predicted molar refractivity (Wildman–Crippen MR) is 56.8 cm³/mol. The number of pyridine rings is 1. The molecule has 0 N–H and O–H groups in total. The van der Waals surface area contributed by atoms with Crippen LogP contribution in [0, 0.1) is 10.6 Å². The van der Waals surface area contributed by atoms with Crippen molar-refractivity contribution >= 4 is 39.4 Å². The van der Waals surface area contributed by atoms with E-state index in [9.17, 15) is 13.6 Å². The summed E-state index contributed by atoms with van der Waals surface area (Å²) in [6, 6.07) is 1.48. The molecular weight excluding hydrogens is 326 g/mol. The van der Waals surface area contributed by atoms with Crippen LogP contribution >= 0.6 is 34.2 Å². The van der Waals surface area contributed by atoms with Crippen LogP contribution in [-0.2, 0) is 0 Å². The molecule has 0 atom stereocenters. The van der Waals surface area contributed by atoms with Crippen molar-refractivity contribution in [3.05, 3.63) is 26.6 Å². The first kappa shape index (κ1) is 11.8. The summed E-state index contributed by atoms with van der Waals surface area (Å²) in [4.78, 5) is 14.5. The molecule has 1 rings (SSSR count). The summed E-state index contributed by atoms with van der Waals surface area (Å²) in [5.41, 5.74) is -0.417. The Morgan fingerprint density at radius 2 is 2.21 bits per heavy atom. The number of hydrogen-bond donors (Lipinski definition) is 0. The summed E-state index contributed by atoms with van der Waals surface area (Å²) in [6.45, 7) is 1.49. The van der Waals surface area contributed by atoms with Crippen LogP contribution in [0.15, 0.2) is 6.07 Å². The number of aromatic nitrogens is 1. The highest BCUT2D eigenvalue weighted by Crippen LogP contribution is 2.27. The van der Waals surface area contributed by atoms with Crippen molar-refractivity contribution in [3.8, 4) is 0 Å². The molecular formula is C8H5ClF2INO. The number of alkyl halides is 2. The van der Waals surface area contributed by atoms with E-state index in [1.165, 1.54) is 13.0 Å². The molecule has 0 saturated heterocycles. The molecule has 2 nitrogen and oxygen atoms in total. The van der Waals surface area contributed by atoms with Crippen LogP contribution in [0.5, 0.6) is 0 Å². The number of carbonyl (C=O) groups excluding carboxylic acids is 1. The zero-order valence-corrected chi connectivity index (χ0v) is 9.94. The Morgan fingerprint density at radius 3 is 2.64 bits per heavy atom. The molecule has 0 fully saturated rings. The van der Waals surface area contributed by atoms with Crippen molar-refractivity contribution in [1.82, 2.24) is 4.98 Å². The van der Waals surface area contributed by atoms with E-state index in [0.29, 0.717) is 9.26 Å². The maximum atomic E-state index is 12.5. The van der Waals surface area contributed by atoms with Crippen LogP contribution in [0.2, 0.25) is 0 Å². The zero-order valence-electron chi connectivity index (χ0n) is 7.02. The Kier molecular flexibility index (Phi) is 3.77. The van der Waals surface area contributed by atoms with Gasteiger partial charge in [0.05, 0.1) is 5.56 Å². The van der Waals surface area contributed by atoms with Crippen molar-refractivity contribution in [2.24, 2.45) is 0 Å². The largest absolute Gasteiger partial charge is 0.274 e. The second kappa shape index (κ2) is 4.48. The van der Waals surface area contributed by atoms with Crippen LogP contribution in [0.25, 0.3) is 0 Å². The fourth-order valence-electron chi connectivity index (χ4n) is 1.07. The molecule has 76 valence electrons. The van der Waals surface area contributed by atoms with Crippen LogP contribution in [0.4, 0.5) is 8.78 Å². The van der Waals surface area contributed by atoms with Gasteiger partial charge in [0.15, 0.2) is 0 Å². The van der Waals surface area contributed by atoms with Gasteiger partial charge in [-0.1, -0.05) is 0 Å². The van der Waals surface area contributed by atoms with E-state index in [1.54, 1.807) is 0 Å². The fourth-order valence-corrected chi connectivity index (χ4v) is 1.92. The van der Waals surface area contributed by atoms with Crippen LogP contribution in [-0.4, -0.2) is 10.2 Å². The van der Waals surface area contributed by atoms with Gasteiger partial charge in [-0.2, -0.15) is 0 Å². The van der Waals surface area contributed by atoms with Crippen molar-refractivity contribution in [3.63, 3.8) is 0 Å². The first-order chi connectivity index (χ1) is 6.43. The number of halogens is 4. The molecule has 0 bridgehead atoms. The summed E-state index contributed by atoms with van der Waals surface area (Å²) >= 11 is 7.00. The summed E-state index contributed by atoms with van der Waals surface area (Å²) in [6.07, 6.45) is -2.74. The number of hydrogen-bond acceptors (Lipinski definition) is 2. The Balaban J connectivity index is 3.44. The molecule has 0 spiro atoms. The molecule has 0 unspecified atom stereocenters. The maximum Gasteiger partial charge on any atom is 0.271 e. The van der Waals surface area contributed by atoms with Crippen LogP contribution < -0.4 is 0 Å². The third kappa shape index (κ3) is 2.38. The Bertz CT molecular complexity index is 384. The Morgan fingerprint density at radius 1 is 1.64 bits per heavy atom. The molecule has 1 aromatic rings. The first-order valence-corrected chi connectivity index (χ1v) is 5.04. The standard InChI is InChI=1S/C8H5ClF2INO/c1-3-2-4(12)13-6(7(9)14)5(3)8(10)11/h2,8H,1H3. The smallest absolute Gasteiger partial charge is 0.271 e. The predicted octanol–water partition coefficient (Wildman–Crippen LogP) is 3.31. The highest BCUT2D eigenvalue weighted by molar-refractivity contribution is 14.1. The molecule has 14 heavy (non-hydrogen) atoms. The van der Waals surface area contributed by atoms with E-state index in [1.807, 2.05) is 22.6 Å². The van der Waals surface area contributed by atoms with Gasteiger partial charge in [0.2, 0.25) is 0 Å². The van der Waals surface area contributed by atoms with E-state index < -0.39 is 11.7 Å². The normalized spacial score (nSPS) is 10.7. The zero-order chi connectivity index (χ0) is 10.9. The lowest BCUT2D eigenvalue weighted by Crippen LogP contribution is -2.06. The van der Waals surface area contributed by atoms with Crippen LogP contribution in [0.3, 0.4) is 0 Å². The van der Waals surface area contributed by atoms with E-state index in [2.05, 4.69) is 4.98 Å². The quantitative estimate of drug-likeness (QED) is 0.473. The van der Waals surface area contributed by atoms with E-state index in [4.69, 9.17) is 11.6 Å². The Hall–Kier alpha value is -0.300. The van der Waals surface area contributed by atoms with Gasteiger partial charge < -0.3 is 0 Å². The minimum absolute atomic E-state index is 0.323. The SMILES string of the molecule is Cc1cc(I)nc(C(=O)Cl)c1C(F)F. The fraction of sp³-hybridized carbons (Fsp3) is 0.250. The highest BCUT2D eigenvalue weighted by Gasteiger charge is 2.21.